The standard InChI is InChI=1S/C15H25N5O/c1-4-12-13(16)14(18(3)17-12)15(21)20-9-11-6-5-7-19(11)8-10(20)2/h10-11H,4-9,16H2,1-3H3. The zero-order valence-corrected chi connectivity index (χ0v) is 13.2. The third kappa shape index (κ3) is 2.31. The Morgan fingerprint density at radius 3 is 2.86 bits per heavy atom. The smallest absolute Gasteiger partial charge is 0.274 e. The lowest BCUT2D eigenvalue weighted by Gasteiger charge is -2.42. The summed E-state index contributed by atoms with van der Waals surface area (Å²) in [6.07, 6.45) is 3.18. The van der Waals surface area contributed by atoms with E-state index in [1.165, 1.54) is 19.4 Å². The van der Waals surface area contributed by atoms with Crippen LogP contribution in [0.5, 0.6) is 0 Å². The minimum absolute atomic E-state index is 0.0289. The second kappa shape index (κ2) is 5.33. The number of fused-ring (bicyclic) bond motifs is 1. The number of nitrogens with two attached hydrogens (primary N) is 1. The van der Waals surface area contributed by atoms with Crippen molar-refractivity contribution in [3.05, 3.63) is 11.4 Å². The fourth-order valence-electron chi connectivity index (χ4n) is 3.72. The van der Waals surface area contributed by atoms with Crippen molar-refractivity contribution in [2.75, 3.05) is 25.4 Å². The molecule has 2 aliphatic rings. The Kier molecular flexibility index (Phi) is 3.65. The van der Waals surface area contributed by atoms with Crippen LogP contribution in [0.2, 0.25) is 0 Å². The highest BCUT2D eigenvalue weighted by atomic mass is 16.2. The lowest BCUT2D eigenvalue weighted by Crippen LogP contribution is -2.57. The van der Waals surface area contributed by atoms with Gasteiger partial charge in [-0.05, 0) is 32.7 Å². The molecule has 21 heavy (non-hydrogen) atoms. The molecule has 0 radical (unpaired) electrons. The van der Waals surface area contributed by atoms with Gasteiger partial charge in [-0.15, -0.1) is 0 Å². The van der Waals surface area contributed by atoms with Crippen LogP contribution < -0.4 is 5.73 Å². The Labute approximate surface area is 125 Å². The average molecular weight is 291 g/mol. The number of rotatable bonds is 2. The van der Waals surface area contributed by atoms with Crippen LogP contribution in [0, 0.1) is 0 Å². The number of aromatic nitrogens is 2. The van der Waals surface area contributed by atoms with Crippen LogP contribution >= 0.6 is 0 Å². The Hall–Kier alpha value is -1.56. The van der Waals surface area contributed by atoms with E-state index < -0.39 is 0 Å². The van der Waals surface area contributed by atoms with Gasteiger partial charge in [0.05, 0.1) is 11.4 Å². The van der Waals surface area contributed by atoms with E-state index in [0.717, 1.165) is 25.2 Å². The fraction of sp³-hybridized carbons (Fsp3) is 0.733. The number of piperazine rings is 1. The number of amides is 1. The quantitative estimate of drug-likeness (QED) is 0.878. The number of aryl methyl sites for hydroxylation is 2. The van der Waals surface area contributed by atoms with Crippen molar-refractivity contribution in [2.24, 2.45) is 7.05 Å². The number of hydrogen-bond donors (Lipinski definition) is 1. The van der Waals surface area contributed by atoms with Crippen LogP contribution in [0.1, 0.15) is 42.9 Å². The van der Waals surface area contributed by atoms with E-state index in [4.69, 9.17) is 5.73 Å². The Morgan fingerprint density at radius 2 is 2.19 bits per heavy atom. The molecule has 1 amide bonds. The average Bonchev–Trinajstić information content (AvgIpc) is 3.01. The van der Waals surface area contributed by atoms with Crippen LogP contribution in [0.3, 0.4) is 0 Å². The van der Waals surface area contributed by atoms with E-state index in [9.17, 15) is 4.79 Å². The van der Waals surface area contributed by atoms with Gasteiger partial charge in [-0.3, -0.25) is 14.4 Å². The molecule has 2 atom stereocenters. The number of carbonyl (C=O) groups is 1. The van der Waals surface area contributed by atoms with E-state index in [2.05, 4.69) is 16.9 Å². The van der Waals surface area contributed by atoms with Gasteiger partial charge in [0.15, 0.2) is 0 Å². The summed E-state index contributed by atoms with van der Waals surface area (Å²) in [4.78, 5) is 17.4. The molecule has 2 N–H and O–H groups in total. The number of hydrogen-bond acceptors (Lipinski definition) is 4. The van der Waals surface area contributed by atoms with Crippen molar-refractivity contribution in [1.82, 2.24) is 19.6 Å². The summed E-state index contributed by atoms with van der Waals surface area (Å²) in [5, 5.41) is 4.37. The lowest BCUT2D eigenvalue weighted by molar-refractivity contribution is 0.0387. The SMILES string of the molecule is CCc1nn(C)c(C(=O)N2CC3CCCN3CC2C)c1N. The van der Waals surface area contributed by atoms with Gasteiger partial charge in [-0.1, -0.05) is 6.92 Å². The third-order valence-electron chi connectivity index (χ3n) is 4.90. The normalized spacial score (nSPS) is 26.1. The van der Waals surface area contributed by atoms with Crippen molar-refractivity contribution >= 4 is 11.6 Å². The van der Waals surface area contributed by atoms with Gasteiger partial charge in [0.1, 0.15) is 5.69 Å². The van der Waals surface area contributed by atoms with Crippen LogP contribution in [-0.2, 0) is 13.5 Å². The molecule has 2 aliphatic heterocycles. The molecule has 0 aliphatic carbocycles. The monoisotopic (exact) mass is 291 g/mol. The molecular formula is C15H25N5O. The Morgan fingerprint density at radius 1 is 1.43 bits per heavy atom. The molecule has 6 nitrogen and oxygen atoms in total. The molecule has 6 heteroatoms. The first-order valence-corrected chi connectivity index (χ1v) is 7.89. The van der Waals surface area contributed by atoms with Crippen LogP contribution in [-0.4, -0.2) is 57.2 Å². The lowest BCUT2D eigenvalue weighted by atomic mass is 10.1. The molecule has 0 spiro atoms. The zero-order chi connectivity index (χ0) is 15.1. The van der Waals surface area contributed by atoms with Crippen LogP contribution in [0.15, 0.2) is 0 Å². The van der Waals surface area contributed by atoms with Crippen molar-refractivity contribution in [2.45, 2.75) is 45.2 Å². The number of anilines is 1. The van der Waals surface area contributed by atoms with Gasteiger partial charge in [0, 0.05) is 32.2 Å². The molecule has 3 heterocycles. The number of carbonyl (C=O) groups excluding carboxylic acids is 1. The third-order valence-corrected chi connectivity index (χ3v) is 4.90. The highest BCUT2D eigenvalue weighted by molar-refractivity contribution is 5.98. The van der Waals surface area contributed by atoms with Crippen molar-refractivity contribution < 1.29 is 4.79 Å². The first-order valence-electron chi connectivity index (χ1n) is 7.89. The molecule has 0 saturated carbocycles. The molecule has 2 saturated heterocycles. The molecule has 3 rings (SSSR count). The topological polar surface area (TPSA) is 67.4 Å². The summed E-state index contributed by atoms with van der Waals surface area (Å²) in [7, 11) is 1.80. The summed E-state index contributed by atoms with van der Waals surface area (Å²) in [5.41, 5.74) is 8.04. The molecule has 2 fully saturated rings. The molecule has 0 bridgehead atoms. The molecule has 116 valence electrons. The minimum Gasteiger partial charge on any atom is -0.395 e. The largest absolute Gasteiger partial charge is 0.395 e. The van der Waals surface area contributed by atoms with Crippen LogP contribution in [0.4, 0.5) is 5.69 Å². The molecule has 0 aromatic carbocycles. The summed E-state index contributed by atoms with van der Waals surface area (Å²) in [5.74, 6) is 0.0289. The molecule has 2 unspecified atom stereocenters. The Balaban J connectivity index is 1.86. The van der Waals surface area contributed by atoms with Crippen molar-refractivity contribution in [3.63, 3.8) is 0 Å². The first kappa shape index (κ1) is 14.4. The van der Waals surface area contributed by atoms with Crippen LogP contribution in [0.25, 0.3) is 0 Å². The van der Waals surface area contributed by atoms with Gasteiger partial charge in [0.25, 0.3) is 5.91 Å². The molecule has 1 aromatic heterocycles. The highest BCUT2D eigenvalue weighted by Gasteiger charge is 2.38. The van der Waals surface area contributed by atoms with Gasteiger partial charge < -0.3 is 10.6 Å². The maximum absolute atomic E-state index is 12.9. The highest BCUT2D eigenvalue weighted by Crippen LogP contribution is 2.27. The second-order valence-electron chi connectivity index (χ2n) is 6.28. The molecule has 1 aromatic rings. The van der Waals surface area contributed by atoms with E-state index in [-0.39, 0.29) is 11.9 Å². The number of nitrogen functional groups attached to an aromatic ring is 1. The van der Waals surface area contributed by atoms with Gasteiger partial charge in [-0.2, -0.15) is 5.10 Å². The maximum atomic E-state index is 12.9. The minimum atomic E-state index is 0.0289. The van der Waals surface area contributed by atoms with E-state index in [0.29, 0.717) is 17.4 Å². The number of nitrogens with zero attached hydrogens (tertiary/aromatic N) is 4. The van der Waals surface area contributed by atoms with Crippen molar-refractivity contribution in [1.29, 1.82) is 0 Å². The zero-order valence-electron chi connectivity index (χ0n) is 13.2. The Bertz CT molecular complexity index is 553. The van der Waals surface area contributed by atoms with E-state index >= 15 is 0 Å². The van der Waals surface area contributed by atoms with Gasteiger partial charge in [0.2, 0.25) is 0 Å². The van der Waals surface area contributed by atoms with Crippen molar-refractivity contribution in [3.8, 4) is 0 Å². The van der Waals surface area contributed by atoms with E-state index in [1.54, 1.807) is 11.7 Å². The first-order chi connectivity index (χ1) is 10.0. The predicted molar refractivity (Wildman–Crippen MR) is 82.1 cm³/mol. The second-order valence-corrected chi connectivity index (χ2v) is 6.28. The van der Waals surface area contributed by atoms with Gasteiger partial charge in [-0.25, -0.2) is 0 Å². The van der Waals surface area contributed by atoms with E-state index in [1.807, 2.05) is 11.8 Å². The molecular weight excluding hydrogens is 266 g/mol. The summed E-state index contributed by atoms with van der Waals surface area (Å²) in [6, 6.07) is 0.747. The summed E-state index contributed by atoms with van der Waals surface area (Å²) in [6.45, 7) is 7.08. The maximum Gasteiger partial charge on any atom is 0.274 e. The fourth-order valence-corrected chi connectivity index (χ4v) is 3.72. The summed E-state index contributed by atoms with van der Waals surface area (Å²) < 4.78 is 1.64. The summed E-state index contributed by atoms with van der Waals surface area (Å²) >= 11 is 0. The predicted octanol–water partition coefficient (Wildman–Crippen LogP) is 0.873. The van der Waals surface area contributed by atoms with Gasteiger partial charge >= 0.3 is 0 Å².